The Labute approximate surface area is 380 Å². The largest absolute Gasteiger partial charge is 2.00 e. The second-order valence-electron chi connectivity index (χ2n) is 20.7. The van der Waals surface area contributed by atoms with E-state index in [0.29, 0.717) is 10.3 Å². The van der Waals surface area contributed by atoms with Crippen molar-refractivity contribution >= 4 is 26.5 Å². The molecule has 0 spiro atoms. The summed E-state index contributed by atoms with van der Waals surface area (Å²) in [5.74, 6) is 6.04. The molecule has 0 saturated heterocycles. The standard InChI is InChI=1S/C53H59P2.C5H5.Fe/c1-36-13-9-11-19-49(36)54(50-20-12-10-14-37(50)2)34-46-27-47(44-15-5-3-6-16-44)51(45-17-7-4-8-18-45)48(46)35-55(52-28-38-21-39(29-52)23-40(22-38)30-52)53-31-41-24-42(32-53)26-43(25-41)33-53;1-2-4-5-3-1;/h3-20,27,38-43H,21-26,28-35H2,1-2H3;1-5H;/q2*-1;+2. The van der Waals surface area contributed by atoms with Crippen LogP contribution in [0.15, 0.2) is 146 Å². The van der Waals surface area contributed by atoms with Crippen LogP contribution in [0.2, 0.25) is 0 Å². The minimum atomic E-state index is -0.594. The first-order valence-electron chi connectivity index (χ1n) is 23.7. The zero-order chi connectivity index (χ0) is 40.3. The van der Waals surface area contributed by atoms with Crippen LogP contribution in [0.5, 0.6) is 0 Å². The molecular weight excluding hydrogens is 814 g/mol. The fraction of sp³-hybridized carbons (Fsp3) is 0.414. The van der Waals surface area contributed by atoms with Crippen molar-refractivity contribution in [2.75, 3.05) is 0 Å². The van der Waals surface area contributed by atoms with Gasteiger partial charge in [-0.3, -0.25) is 0 Å². The molecule has 8 aliphatic rings. The van der Waals surface area contributed by atoms with Crippen molar-refractivity contribution in [2.45, 2.75) is 114 Å². The second kappa shape index (κ2) is 17.5. The SMILES string of the molecule is Cc1ccccc1P(Cc1cc(-c2ccccc2)[c-](-c2ccccc2)c1CP(C12CC3CC(CC(C3)C1)C2)C12CC3CC(CC(C3)C1)C2)c1ccccc1C.[Fe+2].c1cc[cH-]c1. The number of benzene rings is 4. The van der Waals surface area contributed by atoms with Crippen LogP contribution < -0.4 is 10.6 Å². The van der Waals surface area contributed by atoms with Gasteiger partial charge in [-0.2, -0.15) is 18.2 Å². The summed E-state index contributed by atoms with van der Waals surface area (Å²) in [5.41, 5.74) is 12.2. The van der Waals surface area contributed by atoms with Gasteiger partial charge in [-0.15, -0.1) is 29.3 Å². The minimum Gasteiger partial charge on any atom is -0.214 e. The van der Waals surface area contributed by atoms with Gasteiger partial charge in [0.15, 0.2) is 0 Å². The van der Waals surface area contributed by atoms with E-state index in [-0.39, 0.29) is 25.0 Å². The van der Waals surface area contributed by atoms with E-state index in [9.17, 15) is 0 Å². The van der Waals surface area contributed by atoms with Crippen LogP contribution in [0, 0.1) is 49.4 Å². The summed E-state index contributed by atoms with van der Waals surface area (Å²) >= 11 is 0. The van der Waals surface area contributed by atoms with Gasteiger partial charge in [0, 0.05) is 0 Å². The molecule has 0 heterocycles. The third kappa shape index (κ3) is 8.08. The molecule has 14 rings (SSSR count). The molecule has 0 N–H and O–H groups in total. The van der Waals surface area contributed by atoms with Crippen LogP contribution in [0.25, 0.3) is 22.3 Å². The van der Waals surface area contributed by atoms with Gasteiger partial charge in [0.05, 0.1) is 0 Å². The first-order chi connectivity index (χ1) is 29.4. The third-order valence-corrected chi connectivity index (χ3v) is 23.4. The minimum absolute atomic E-state index is 0. The van der Waals surface area contributed by atoms with Gasteiger partial charge in [0.1, 0.15) is 0 Å². The average molecular weight is 879 g/mol. The van der Waals surface area contributed by atoms with Gasteiger partial charge in [-0.25, -0.2) is 12.1 Å². The molecule has 0 unspecified atom stereocenters. The Kier molecular flexibility index (Phi) is 12.0. The van der Waals surface area contributed by atoms with Crippen molar-refractivity contribution in [3.05, 3.63) is 168 Å². The van der Waals surface area contributed by atoms with E-state index in [1.54, 1.807) is 104 Å². The summed E-state index contributed by atoms with van der Waals surface area (Å²) < 4.78 is 0. The van der Waals surface area contributed by atoms with Crippen molar-refractivity contribution < 1.29 is 17.1 Å². The van der Waals surface area contributed by atoms with Crippen LogP contribution in [0.3, 0.4) is 0 Å². The van der Waals surface area contributed by atoms with Gasteiger partial charge in [0.2, 0.25) is 0 Å². The van der Waals surface area contributed by atoms with Gasteiger partial charge in [-0.05, 0) is 179 Å². The molecule has 0 aliphatic heterocycles. The first-order valence-corrected chi connectivity index (χ1v) is 26.7. The topological polar surface area (TPSA) is 0 Å². The molecule has 6 aromatic rings. The maximum atomic E-state index is 2.73. The zero-order valence-corrected chi connectivity index (χ0v) is 39.4. The van der Waals surface area contributed by atoms with Crippen molar-refractivity contribution in [2.24, 2.45) is 35.5 Å². The van der Waals surface area contributed by atoms with Gasteiger partial charge in [0.25, 0.3) is 0 Å². The van der Waals surface area contributed by atoms with E-state index in [1.807, 2.05) is 30.3 Å². The summed E-state index contributed by atoms with van der Waals surface area (Å²) in [4.78, 5) is 0. The van der Waals surface area contributed by atoms with Crippen molar-refractivity contribution in [1.82, 2.24) is 0 Å². The van der Waals surface area contributed by atoms with Gasteiger partial charge in [-0.1, -0.05) is 127 Å². The summed E-state index contributed by atoms with van der Waals surface area (Å²) in [6.45, 7) is 4.72. The Bertz CT molecular complexity index is 2210. The Morgan fingerprint density at radius 3 is 1.38 bits per heavy atom. The predicted molar refractivity (Wildman–Crippen MR) is 260 cm³/mol. The summed E-state index contributed by atoms with van der Waals surface area (Å²) in [6.07, 6.45) is 21.2. The molecule has 0 radical (unpaired) electrons. The fourth-order valence-corrected chi connectivity index (χ4v) is 23.1. The van der Waals surface area contributed by atoms with Crippen LogP contribution in [-0.2, 0) is 29.4 Å². The molecule has 6 aromatic carbocycles. The number of rotatable bonds is 10. The molecule has 61 heavy (non-hydrogen) atoms. The van der Waals surface area contributed by atoms with Crippen LogP contribution in [-0.4, -0.2) is 10.3 Å². The summed E-state index contributed by atoms with van der Waals surface area (Å²) in [6, 6.07) is 54.7. The summed E-state index contributed by atoms with van der Waals surface area (Å²) in [5, 5.41) is 4.32. The van der Waals surface area contributed by atoms with E-state index < -0.39 is 7.92 Å². The van der Waals surface area contributed by atoms with Crippen LogP contribution in [0.1, 0.15) is 99.3 Å². The monoisotopic (exact) mass is 878 g/mol. The molecule has 0 aromatic heterocycles. The Morgan fingerprint density at radius 2 is 0.951 bits per heavy atom. The van der Waals surface area contributed by atoms with Crippen LogP contribution in [0.4, 0.5) is 0 Å². The fourth-order valence-electron chi connectivity index (χ4n) is 15.1. The normalized spacial score (nSPS) is 29.6. The molecular formula is C58H64FeP2. The van der Waals surface area contributed by atoms with E-state index in [1.165, 1.54) is 34.0 Å². The number of aryl methyl sites for hydroxylation is 2. The second-order valence-corrected chi connectivity index (χ2v) is 25.9. The zero-order valence-electron chi connectivity index (χ0n) is 36.5. The summed E-state index contributed by atoms with van der Waals surface area (Å²) in [7, 11) is -0.796. The first kappa shape index (κ1) is 41.9. The third-order valence-electron chi connectivity index (χ3n) is 16.6. The van der Waals surface area contributed by atoms with Gasteiger partial charge < -0.3 is 0 Å². The Balaban J connectivity index is 0.000000695. The quantitative estimate of drug-likeness (QED) is 0.0731. The Hall–Kier alpha value is -3.04. The van der Waals surface area contributed by atoms with Crippen molar-refractivity contribution in [3.63, 3.8) is 0 Å². The van der Waals surface area contributed by atoms with E-state index in [4.69, 9.17) is 0 Å². The maximum absolute atomic E-state index is 2.73. The molecule has 8 bridgehead atoms. The molecule has 0 atom stereocenters. The predicted octanol–water partition coefficient (Wildman–Crippen LogP) is 15.3. The molecule has 314 valence electrons. The average Bonchev–Trinajstić information content (AvgIpc) is 3.95. The smallest absolute Gasteiger partial charge is 0.214 e. The molecule has 0 nitrogen and oxygen atoms in total. The Morgan fingerprint density at radius 1 is 0.525 bits per heavy atom. The molecule has 3 heteroatoms. The molecule has 8 aliphatic carbocycles. The van der Waals surface area contributed by atoms with E-state index in [0.717, 1.165) is 41.7 Å². The van der Waals surface area contributed by atoms with Gasteiger partial charge >= 0.3 is 17.1 Å². The number of hydrogen-bond donors (Lipinski definition) is 0. The number of hydrogen-bond acceptors (Lipinski definition) is 0. The molecule has 8 fully saturated rings. The van der Waals surface area contributed by atoms with Crippen molar-refractivity contribution in [3.8, 4) is 22.3 Å². The maximum Gasteiger partial charge on any atom is 2.00 e. The molecule has 8 saturated carbocycles. The van der Waals surface area contributed by atoms with E-state index in [2.05, 4.69) is 129 Å². The van der Waals surface area contributed by atoms with Crippen LogP contribution >= 0.6 is 15.8 Å². The van der Waals surface area contributed by atoms with E-state index >= 15 is 0 Å². The molecule has 0 amide bonds. The van der Waals surface area contributed by atoms with Crippen molar-refractivity contribution in [1.29, 1.82) is 0 Å².